The third-order valence-corrected chi connectivity index (χ3v) is 4.94. The maximum atomic E-state index is 12.3. The summed E-state index contributed by atoms with van der Waals surface area (Å²) in [4.78, 5) is 12.3. The van der Waals surface area contributed by atoms with Gasteiger partial charge in [0.1, 0.15) is 11.5 Å². The summed E-state index contributed by atoms with van der Waals surface area (Å²) in [5, 5.41) is 12.2. The number of aryl methyl sites for hydroxylation is 1. The van der Waals surface area contributed by atoms with E-state index in [1.165, 1.54) is 11.8 Å². The summed E-state index contributed by atoms with van der Waals surface area (Å²) in [6.45, 7) is 4.77. The zero-order valence-corrected chi connectivity index (χ0v) is 16.4. The summed E-state index contributed by atoms with van der Waals surface area (Å²) in [5.74, 6) is 2.46. The Kier molecular flexibility index (Phi) is 6.18. The maximum Gasteiger partial charge on any atom is 0.234 e. The van der Waals surface area contributed by atoms with Gasteiger partial charge in [0.05, 0.1) is 24.7 Å². The molecule has 0 aliphatic rings. The second-order valence-corrected chi connectivity index (χ2v) is 6.86. The van der Waals surface area contributed by atoms with Crippen LogP contribution in [0, 0.1) is 6.92 Å². The number of methoxy groups -OCH3 is 1. The quantitative estimate of drug-likeness (QED) is 0.589. The van der Waals surface area contributed by atoms with E-state index in [9.17, 15) is 4.79 Å². The van der Waals surface area contributed by atoms with Crippen molar-refractivity contribution < 1.29 is 13.9 Å². The molecule has 7 nitrogen and oxygen atoms in total. The number of carbonyl (C=O) groups excluding carboxylic acids is 1. The SMILES string of the molecule is CCCn1c(SCC(=O)Nc2ccc(OC)cc2)nnc1-c1ccoc1C. The van der Waals surface area contributed by atoms with Gasteiger partial charge in [-0.1, -0.05) is 18.7 Å². The highest BCUT2D eigenvalue weighted by Crippen LogP contribution is 2.27. The molecule has 2 heterocycles. The minimum Gasteiger partial charge on any atom is -0.497 e. The minimum atomic E-state index is -0.0998. The van der Waals surface area contributed by atoms with Crippen molar-refractivity contribution in [1.29, 1.82) is 0 Å². The number of amides is 1. The Morgan fingerprint density at radius 1 is 1.26 bits per heavy atom. The first-order valence-electron chi connectivity index (χ1n) is 8.66. The van der Waals surface area contributed by atoms with E-state index in [1.54, 1.807) is 37.6 Å². The molecule has 0 fully saturated rings. The Labute approximate surface area is 162 Å². The van der Waals surface area contributed by atoms with Crippen LogP contribution < -0.4 is 10.1 Å². The summed E-state index contributed by atoms with van der Waals surface area (Å²) in [6, 6.07) is 9.11. The van der Waals surface area contributed by atoms with Crippen LogP contribution in [0.3, 0.4) is 0 Å². The van der Waals surface area contributed by atoms with Crippen LogP contribution in [-0.2, 0) is 11.3 Å². The molecule has 0 saturated heterocycles. The van der Waals surface area contributed by atoms with Gasteiger partial charge in [-0.25, -0.2) is 0 Å². The third kappa shape index (κ3) is 4.51. The van der Waals surface area contributed by atoms with Gasteiger partial charge in [0.2, 0.25) is 5.91 Å². The molecule has 0 saturated carbocycles. The molecular weight excluding hydrogens is 364 g/mol. The molecule has 0 spiro atoms. The van der Waals surface area contributed by atoms with Crippen molar-refractivity contribution in [2.45, 2.75) is 32.0 Å². The van der Waals surface area contributed by atoms with E-state index in [2.05, 4.69) is 22.4 Å². The molecular formula is C19H22N4O3S. The molecule has 8 heteroatoms. The van der Waals surface area contributed by atoms with Gasteiger partial charge >= 0.3 is 0 Å². The molecule has 0 unspecified atom stereocenters. The highest BCUT2D eigenvalue weighted by Gasteiger charge is 2.17. The fourth-order valence-electron chi connectivity index (χ4n) is 2.64. The normalized spacial score (nSPS) is 10.8. The van der Waals surface area contributed by atoms with E-state index in [-0.39, 0.29) is 11.7 Å². The van der Waals surface area contributed by atoms with Crippen molar-refractivity contribution in [2.75, 3.05) is 18.2 Å². The highest BCUT2D eigenvalue weighted by atomic mass is 32.2. The van der Waals surface area contributed by atoms with E-state index < -0.39 is 0 Å². The zero-order chi connectivity index (χ0) is 19.2. The fourth-order valence-corrected chi connectivity index (χ4v) is 3.40. The van der Waals surface area contributed by atoms with Crippen LogP contribution in [0.1, 0.15) is 19.1 Å². The van der Waals surface area contributed by atoms with Gasteiger partial charge < -0.3 is 19.0 Å². The second-order valence-electron chi connectivity index (χ2n) is 5.91. The molecule has 0 aliphatic carbocycles. The summed E-state index contributed by atoms with van der Waals surface area (Å²) < 4.78 is 12.5. The van der Waals surface area contributed by atoms with Crippen LogP contribution in [0.2, 0.25) is 0 Å². The third-order valence-electron chi connectivity index (χ3n) is 3.97. The predicted molar refractivity (Wildman–Crippen MR) is 105 cm³/mol. The van der Waals surface area contributed by atoms with E-state index in [0.717, 1.165) is 46.7 Å². The van der Waals surface area contributed by atoms with Crippen LogP contribution in [0.5, 0.6) is 5.75 Å². The molecule has 3 rings (SSSR count). The highest BCUT2D eigenvalue weighted by molar-refractivity contribution is 7.99. The van der Waals surface area contributed by atoms with Crippen LogP contribution in [0.25, 0.3) is 11.4 Å². The average molecular weight is 386 g/mol. The second kappa shape index (κ2) is 8.77. The molecule has 0 atom stereocenters. The molecule has 0 aliphatic heterocycles. The van der Waals surface area contributed by atoms with E-state index in [4.69, 9.17) is 9.15 Å². The summed E-state index contributed by atoms with van der Waals surface area (Å²) in [6.07, 6.45) is 2.58. The van der Waals surface area contributed by atoms with Crippen LogP contribution in [0.15, 0.2) is 46.2 Å². The van der Waals surface area contributed by atoms with Gasteiger partial charge in [-0.15, -0.1) is 10.2 Å². The average Bonchev–Trinajstić information content (AvgIpc) is 3.27. The number of nitrogens with zero attached hydrogens (tertiary/aromatic N) is 3. The Hall–Kier alpha value is -2.74. The first kappa shape index (κ1) is 19.0. The smallest absolute Gasteiger partial charge is 0.234 e. The van der Waals surface area contributed by atoms with Gasteiger partial charge in [0.25, 0.3) is 0 Å². The van der Waals surface area contributed by atoms with Crippen molar-refractivity contribution in [2.24, 2.45) is 0 Å². The van der Waals surface area contributed by atoms with Crippen LogP contribution >= 0.6 is 11.8 Å². The lowest BCUT2D eigenvalue weighted by molar-refractivity contribution is -0.113. The van der Waals surface area contributed by atoms with Crippen molar-refractivity contribution >= 4 is 23.4 Å². The number of ether oxygens (including phenoxy) is 1. The number of furan rings is 1. The monoisotopic (exact) mass is 386 g/mol. The van der Waals surface area contributed by atoms with Crippen molar-refractivity contribution in [3.8, 4) is 17.1 Å². The molecule has 1 N–H and O–H groups in total. The number of nitrogens with one attached hydrogen (secondary N) is 1. The lowest BCUT2D eigenvalue weighted by Crippen LogP contribution is -2.14. The topological polar surface area (TPSA) is 82.2 Å². The van der Waals surface area contributed by atoms with Gasteiger partial charge in [-0.2, -0.15) is 0 Å². The Morgan fingerprint density at radius 3 is 2.67 bits per heavy atom. The van der Waals surface area contributed by atoms with Crippen LogP contribution in [0.4, 0.5) is 5.69 Å². The molecule has 0 radical (unpaired) electrons. The standard InChI is InChI=1S/C19H22N4O3S/c1-4-10-23-18(16-9-11-26-13(16)2)21-22-19(23)27-12-17(24)20-14-5-7-15(25-3)8-6-14/h5-9,11H,4,10,12H2,1-3H3,(H,20,24). The number of anilines is 1. The van der Waals surface area contributed by atoms with Crippen molar-refractivity contribution in [1.82, 2.24) is 14.8 Å². The first-order valence-corrected chi connectivity index (χ1v) is 9.65. The molecule has 1 aromatic carbocycles. The minimum absolute atomic E-state index is 0.0998. The predicted octanol–water partition coefficient (Wildman–Crippen LogP) is 4.00. The van der Waals surface area contributed by atoms with E-state index in [0.29, 0.717) is 0 Å². The summed E-state index contributed by atoms with van der Waals surface area (Å²) in [5.41, 5.74) is 1.65. The van der Waals surface area contributed by atoms with Crippen molar-refractivity contribution in [3.63, 3.8) is 0 Å². The lowest BCUT2D eigenvalue weighted by atomic mass is 10.2. The molecule has 1 amide bonds. The lowest BCUT2D eigenvalue weighted by Gasteiger charge is -2.09. The molecule has 142 valence electrons. The van der Waals surface area contributed by atoms with Gasteiger partial charge in [0.15, 0.2) is 11.0 Å². The molecule has 0 bridgehead atoms. The van der Waals surface area contributed by atoms with Gasteiger partial charge in [-0.3, -0.25) is 4.79 Å². The number of aromatic nitrogens is 3. The number of hydrogen-bond acceptors (Lipinski definition) is 6. The van der Waals surface area contributed by atoms with E-state index >= 15 is 0 Å². The Bertz CT molecular complexity index is 902. The number of thioether (sulfide) groups is 1. The van der Waals surface area contributed by atoms with Crippen molar-refractivity contribution in [3.05, 3.63) is 42.4 Å². The zero-order valence-electron chi connectivity index (χ0n) is 15.6. The molecule has 27 heavy (non-hydrogen) atoms. The summed E-state index contributed by atoms with van der Waals surface area (Å²) in [7, 11) is 1.61. The Morgan fingerprint density at radius 2 is 2.04 bits per heavy atom. The first-order chi connectivity index (χ1) is 13.1. The largest absolute Gasteiger partial charge is 0.497 e. The van der Waals surface area contributed by atoms with E-state index in [1.807, 2.05) is 17.6 Å². The van der Waals surface area contributed by atoms with Crippen LogP contribution in [-0.4, -0.2) is 33.5 Å². The number of carbonyl (C=O) groups is 1. The number of benzene rings is 1. The number of rotatable bonds is 8. The summed E-state index contributed by atoms with van der Waals surface area (Å²) >= 11 is 1.37. The fraction of sp³-hybridized carbons (Fsp3) is 0.316. The molecule has 2 aromatic heterocycles. The van der Waals surface area contributed by atoms with Gasteiger partial charge in [0, 0.05) is 12.2 Å². The van der Waals surface area contributed by atoms with Gasteiger partial charge in [-0.05, 0) is 43.7 Å². The maximum absolute atomic E-state index is 12.3. The Balaban J connectivity index is 1.67. The molecule has 3 aromatic rings. The number of hydrogen-bond donors (Lipinski definition) is 1.